The first-order valence-corrected chi connectivity index (χ1v) is 7.33. The smallest absolute Gasteiger partial charge is 0.185 e. The summed E-state index contributed by atoms with van der Waals surface area (Å²) in [5.74, 6) is 0.472. The van der Waals surface area contributed by atoms with E-state index in [2.05, 4.69) is 31.0 Å². The van der Waals surface area contributed by atoms with Gasteiger partial charge in [-0.15, -0.1) is 11.3 Å². The second kappa shape index (κ2) is 7.71. The summed E-state index contributed by atoms with van der Waals surface area (Å²) in [6.07, 6.45) is 0. The quantitative estimate of drug-likeness (QED) is 0.788. The molecule has 4 nitrogen and oxygen atoms in total. The van der Waals surface area contributed by atoms with Crippen molar-refractivity contribution in [3.8, 4) is 0 Å². The molecule has 0 saturated heterocycles. The van der Waals surface area contributed by atoms with Crippen LogP contribution in [-0.2, 0) is 11.3 Å². The van der Waals surface area contributed by atoms with Crippen LogP contribution in [0.2, 0.25) is 0 Å². The van der Waals surface area contributed by atoms with Crippen LogP contribution in [0.15, 0.2) is 0 Å². The summed E-state index contributed by atoms with van der Waals surface area (Å²) < 4.78 is 5.15. The van der Waals surface area contributed by atoms with Gasteiger partial charge in [-0.25, -0.2) is 4.98 Å². The van der Waals surface area contributed by atoms with Crippen LogP contribution >= 0.6 is 11.3 Å². The highest BCUT2D eigenvalue weighted by Gasteiger charge is 2.16. The van der Waals surface area contributed by atoms with E-state index in [0.717, 1.165) is 31.4 Å². The fourth-order valence-corrected chi connectivity index (χ4v) is 3.13. The highest BCUT2D eigenvalue weighted by molar-refractivity contribution is 7.15. The predicted octanol–water partition coefficient (Wildman–Crippen LogP) is 2.46. The van der Waals surface area contributed by atoms with Gasteiger partial charge in [-0.1, -0.05) is 13.8 Å². The van der Waals surface area contributed by atoms with Crippen molar-refractivity contribution in [1.82, 2.24) is 10.3 Å². The van der Waals surface area contributed by atoms with Crippen LogP contribution in [-0.4, -0.2) is 38.8 Å². The van der Waals surface area contributed by atoms with E-state index in [4.69, 9.17) is 9.72 Å². The van der Waals surface area contributed by atoms with Crippen LogP contribution in [0.5, 0.6) is 0 Å². The van der Waals surface area contributed by atoms with Gasteiger partial charge in [0, 0.05) is 31.6 Å². The Morgan fingerprint density at radius 3 is 2.67 bits per heavy atom. The van der Waals surface area contributed by atoms with Crippen molar-refractivity contribution in [2.24, 2.45) is 0 Å². The summed E-state index contributed by atoms with van der Waals surface area (Å²) in [4.78, 5) is 8.42. The standard InChI is InChI=1S/C13H25N3OS/c1-6-16(7-8-17-5)13-15-12(10(2)3)11(18-13)9-14-4/h10,14H,6-9H2,1-5H3. The third-order valence-electron chi connectivity index (χ3n) is 2.82. The van der Waals surface area contributed by atoms with Crippen LogP contribution in [0.1, 0.15) is 37.3 Å². The Bertz CT molecular complexity index is 352. The van der Waals surface area contributed by atoms with E-state index in [1.165, 1.54) is 10.6 Å². The molecule has 5 heteroatoms. The third-order valence-corrected chi connectivity index (χ3v) is 3.95. The number of rotatable bonds is 8. The lowest BCUT2D eigenvalue weighted by atomic mass is 10.1. The average molecular weight is 271 g/mol. The van der Waals surface area contributed by atoms with Gasteiger partial charge in [0.25, 0.3) is 0 Å². The third kappa shape index (κ3) is 3.93. The SMILES string of the molecule is CCN(CCOC)c1nc(C(C)C)c(CNC)s1. The minimum Gasteiger partial charge on any atom is -0.383 e. The molecule has 1 N–H and O–H groups in total. The second-order valence-electron chi connectivity index (χ2n) is 4.56. The molecule has 0 fully saturated rings. The van der Waals surface area contributed by atoms with Crippen molar-refractivity contribution >= 4 is 16.5 Å². The van der Waals surface area contributed by atoms with Gasteiger partial charge in [0.1, 0.15) is 0 Å². The summed E-state index contributed by atoms with van der Waals surface area (Å²) in [5.41, 5.74) is 1.22. The van der Waals surface area contributed by atoms with Crippen molar-refractivity contribution < 1.29 is 4.74 Å². The molecule has 1 aromatic heterocycles. The Kier molecular flexibility index (Phi) is 6.60. The number of methoxy groups -OCH3 is 1. The lowest BCUT2D eigenvalue weighted by Crippen LogP contribution is -2.26. The molecule has 0 unspecified atom stereocenters. The van der Waals surface area contributed by atoms with E-state index in [1.807, 2.05) is 7.05 Å². The maximum atomic E-state index is 5.15. The van der Waals surface area contributed by atoms with Crippen LogP contribution in [0.4, 0.5) is 5.13 Å². The number of ether oxygens (including phenoxy) is 1. The van der Waals surface area contributed by atoms with Crippen LogP contribution in [0.3, 0.4) is 0 Å². The molecule has 18 heavy (non-hydrogen) atoms. The number of hydrogen-bond acceptors (Lipinski definition) is 5. The van der Waals surface area contributed by atoms with Crippen LogP contribution in [0, 0.1) is 0 Å². The molecular formula is C13H25N3OS. The monoisotopic (exact) mass is 271 g/mol. The van der Waals surface area contributed by atoms with Gasteiger partial charge < -0.3 is 15.0 Å². The number of likely N-dealkylation sites (N-methyl/N-ethyl adjacent to an activating group) is 1. The van der Waals surface area contributed by atoms with Gasteiger partial charge in [0.05, 0.1) is 12.3 Å². The lowest BCUT2D eigenvalue weighted by Gasteiger charge is -2.18. The van der Waals surface area contributed by atoms with Crippen molar-refractivity contribution in [2.45, 2.75) is 33.2 Å². The summed E-state index contributed by atoms with van der Waals surface area (Å²) in [6.45, 7) is 10.1. The summed E-state index contributed by atoms with van der Waals surface area (Å²) >= 11 is 1.79. The number of nitrogens with zero attached hydrogens (tertiary/aromatic N) is 2. The number of thiazole rings is 1. The maximum Gasteiger partial charge on any atom is 0.185 e. The zero-order valence-electron chi connectivity index (χ0n) is 12.1. The molecule has 0 bridgehead atoms. The Labute approximate surface area is 114 Å². The first-order valence-electron chi connectivity index (χ1n) is 6.52. The molecule has 0 spiro atoms. The molecule has 1 rings (SSSR count). The van der Waals surface area contributed by atoms with Gasteiger partial charge in [-0.3, -0.25) is 0 Å². The highest BCUT2D eigenvalue weighted by atomic mass is 32.1. The number of nitrogens with one attached hydrogen (secondary N) is 1. The van der Waals surface area contributed by atoms with E-state index in [-0.39, 0.29) is 0 Å². The zero-order chi connectivity index (χ0) is 13.5. The largest absolute Gasteiger partial charge is 0.383 e. The first kappa shape index (κ1) is 15.4. The molecule has 0 aliphatic carbocycles. The van der Waals surface area contributed by atoms with Crippen molar-refractivity contribution in [1.29, 1.82) is 0 Å². The van der Waals surface area contributed by atoms with E-state index in [0.29, 0.717) is 5.92 Å². The Morgan fingerprint density at radius 2 is 2.17 bits per heavy atom. The maximum absolute atomic E-state index is 5.15. The Balaban J connectivity index is 2.90. The van der Waals surface area contributed by atoms with E-state index in [9.17, 15) is 0 Å². The molecule has 104 valence electrons. The summed E-state index contributed by atoms with van der Waals surface area (Å²) in [7, 11) is 3.72. The van der Waals surface area contributed by atoms with E-state index < -0.39 is 0 Å². The molecule has 0 saturated carbocycles. The minimum absolute atomic E-state index is 0.472. The van der Waals surface area contributed by atoms with E-state index >= 15 is 0 Å². The van der Waals surface area contributed by atoms with Gasteiger partial charge >= 0.3 is 0 Å². The average Bonchev–Trinajstić information content (AvgIpc) is 2.75. The van der Waals surface area contributed by atoms with Gasteiger partial charge in [0.15, 0.2) is 5.13 Å². The highest BCUT2D eigenvalue weighted by Crippen LogP contribution is 2.30. The number of aromatic nitrogens is 1. The van der Waals surface area contributed by atoms with Crippen molar-refractivity contribution in [3.63, 3.8) is 0 Å². The minimum atomic E-state index is 0.472. The molecule has 0 radical (unpaired) electrons. The zero-order valence-corrected chi connectivity index (χ0v) is 12.9. The fraction of sp³-hybridized carbons (Fsp3) is 0.769. The molecule has 0 atom stereocenters. The predicted molar refractivity (Wildman–Crippen MR) is 78.7 cm³/mol. The van der Waals surface area contributed by atoms with Crippen molar-refractivity contribution in [2.75, 3.05) is 38.8 Å². The number of hydrogen-bond donors (Lipinski definition) is 1. The lowest BCUT2D eigenvalue weighted by molar-refractivity contribution is 0.205. The first-order chi connectivity index (χ1) is 8.63. The molecule has 0 aliphatic heterocycles. The summed E-state index contributed by atoms with van der Waals surface area (Å²) in [6, 6.07) is 0. The Hall–Kier alpha value is -0.650. The van der Waals surface area contributed by atoms with Gasteiger partial charge in [-0.05, 0) is 19.9 Å². The van der Waals surface area contributed by atoms with Gasteiger partial charge in [0.2, 0.25) is 0 Å². The topological polar surface area (TPSA) is 37.4 Å². The normalized spacial score (nSPS) is 11.2. The number of anilines is 1. The molecule has 0 aromatic carbocycles. The molecular weight excluding hydrogens is 246 g/mol. The summed E-state index contributed by atoms with van der Waals surface area (Å²) in [5, 5.41) is 4.33. The molecule has 1 heterocycles. The van der Waals surface area contributed by atoms with E-state index in [1.54, 1.807) is 18.4 Å². The second-order valence-corrected chi connectivity index (χ2v) is 5.62. The van der Waals surface area contributed by atoms with Gasteiger partial charge in [-0.2, -0.15) is 0 Å². The van der Waals surface area contributed by atoms with Crippen LogP contribution < -0.4 is 10.2 Å². The molecule has 0 amide bonds. The fourth-order valence-electron chi connectivity index (χ4n) is 1.81. The van der Waals surface area contributed by atoms with Crippen molar-refractivity contribution in [3.05, 3.63) is 10.6 Å². The Morgan fingerprint density at radius 1 is 1.44 bits per heavy atom. The molecule has 1 aromatic rings. The molecule has 0 aliphatic rings. The van der Waals surface area contributed by atoms with Crippen LogP contribution in [0.25, 0.3) is 0 Å².